The maximum Gasteiger partial charge on any atom is 0.307 e. The van der Waals surface area contributed by atoms with Crippen molar-refractivity contribution in [2.24, 2.45) is 5.92 Å². The molecule has 1 aromatic carbocycles. The van der Waals surface area contributed by atoms with Crippen molar-refractivity contribution in [3.63, 3.8) is 0 Å². The van der Waals surface area contributed by atoms with Gasteiger partial charge in [0.15, 0.2) is 0 Å². The van der Waals surface area contributed by atoms with E-state index < -0.39 is 16.0 Å². The molecular weight excluding hydrogens is 344 g/mol. The second-order valence-electron chi connectivity index (χ2n) is 6.91. The Bertz CT molecular complexity index is 764. The first-order chi connectivity index (χ1) is 11.8. The van der Waals surface area contributed by atoms with E-state index in [0.29, 0.717) is 24.6 Å². The molecule has 0 amide bonds. The van der Waals surface area contributed by atoms with Gasteiger partial charge in [-0.2, -0.15) is 4.31 Å². The molecule has 0 spiro atoms. The van der Waals surface area contributed by atoms with Crippen LogP contribution in [0, 0.1) is 5.92 Å². The number of ether oxygens (including phenoxy) is 1. The molecular formula is C17H24N2O5S. The van der Waals surface area contributed by atoms with E-state index in [4.69, 9.17) is 9.84 Å². The van der Waals surface area contributed by atoms with Crippen molar-refractivity contribution in [2.45, 2.75) is 30.2 Å². The van der Waals surface area contributed by atoms with Crippen LogP contribution in [-0.4, -0.2) is 68.5 Å². The Morgan fingerprint density at radius 1 is 1.28 bits per heavy atom. The van der Waals surface area contributed by atoms with Crippen LogP contribution in [0.15, 0.2) is 23.1 Å². The number of methoxy groups -OCH3 is 1. The van der Waals surface area contributed by atoms with Gasteiger partial charge in [0, 0.05) is 25.7 Å². The Morgan fingerprint density at radius 3 is 2.68 bits per heavy atom. The number of sulfonamides is 1. The molecule has 3 aliphatic rings. The molecule has 2 atom stereocenters. The minimum Gasteiger partial charge on any atom is -0.495 e. The van der Waals surface area contributed by atoms with Crippen molar-refractivity contribution in [1.82, 2.24) is 9.21 Å². The number of piperidine rings is 1. The molecule has 8 heteroatoms. The fourth-order valence-electron chi connectivity index (χ4n) is 3.82. The number of hydrogen-bond acceptors (Lipinski definition) is 5. The molecule has 0 aliphatic carbocycles. The SMILES string of the molecule is COc1ccc(CC(=O)O)cc1S(=O)(=O)N1C[C@@H]2CC[C@H](C1)N(C)C2. The van der Waals surface area contributed by atoms with Crippen LogP contribution in [0.25, 0.3) is 0 Å². The van der Waals surface area contributed by atoms with Crippen molar-refractivity contribution in [3.8, 4) is 5.75 Å². The van der Waals surface area contributed by atoms with Crippen LogP contribution in [-0.2, 0) is 21.2 Å². The molecule has 1 aromatic rings. The first-order valence-electron chi connectivity index (χ1n) is 8.40. The standard InChI is InChI=1S/C17H24N2O5S/c1-18-9-13-3-5-14(18)11-19(10-13)25(22,23)16-7-12(8-17(20)21)4-6-15(16)24-2/h4,6-7,13-14H,3,5,8-11H2,1-2H3,(H,20,21)/t13-,14-/m1/s1. The number of benzene rings is 1. The van der Waals surface area contributed by atoms with E-state index in [2.05, 4.69) is 4.90 Å². The number of carboxylic acid groups (broad SMARTS) is 1. The third kappa shape index (κ3) is 3.65. The van der Waals surface area contributed by atoms with Gasteiger partial charge in [-0.25, -0.2) is 8.42 Å². The molecule has 3 heterocycles. The largest absolute Gasteiger partial charge is 0.495 e. The molecule has 25 heavy (non-hydrogen) atoms. The lowest BCUT2D eigenvalue weighted by Crippen LogP contribution is -2.41. The summed E-state index contributed by atoms with van der Waals surface area (Å²) >= 11 is 0. The van der Waals surface area contributed by atoms with Crippen molar-refractivity contribution < 1.29 is 23.1 Å². The zero-order valence-corrected chi connectivity index (χ0v) is 15.3. The van der Waals surface area contributed by atoms with Gasteiger partial charge in [-0.3, -0.25) is 4.79 Å². The monoisotopic (exact) mass is 368 g/mol. The fraction of sp³-hybridized carbons (Fsp3) is 0.588. The van der Waals surface area contributed by atoms with Gasteiger partial charge in [0.1, 0.15) is 10.6 Å². The molecule has 0 radical (unpaired) electrons. The molecule has 4 rings (SSSR count). The molecule has 3 fully saturated rings. The van der Waals surface area contributed by atoms with Gasteiger partial charge in [0.2, 0.25) is 10.0 Å². The van der Waals surface area contributed by atoms with Crippen molar-refractivity contribution in [1.29, 1.82) is 0 Å². The van der Waals surface area contributed by atoms with Gasteiger partial charge in [-0.05, 0) is 43.5 Å². The van der Waals surface area contributed by atoms with Crippen molar-refractivity contribution >= 4 is 16.0 Å². The predicted molar refractivity (Wildman–Crippen MR) is 92.2 cm³/mol. The third-order valence-electron chi connectivity index (χ3n) is 5.16. The van der Waals surface area contributed by atoms with Crippen LogP contribution < -0.4 is 4.74 Å². The molecule has 138 valence electrons. The Morgan fingerprint density at radius 2 is 2.04 bits per heavy atom. The summed E-state index contributed by atoms with van der Waals surface area (Å²) in [7, 11) is -0.283. The summed E-state index contributed by atoms with van der Waals surface area (Å²) in [4.78, 5) is 13.3. The first kappa shape index (κ1) is 18.2. The Kier molecular flexibility index (Phi) is 5.04. The zero-order valence-electron chi connectivity index (χ0n) is 14.5. The summed E-state index contributed by atoms with van der Waals surface area (Å²) in [6.45, 7) is 1.87. The summed E-state index contributed by atoms with van der Waals surface area (Å²) in [5.41, 5.74) is 0.446. The molecule has 2 bridgehead atoms. The number of hydrogen-bond donors (Lipinski definition) is 1. The summed E-state index contributed by atoms with van der Waals surface area (Å²) in [6.07, 6.45) is 1.82. The normalized spacial score (nSPS) is 24.9. The number of carboxylic acids is 1. The maximum absolute atomic E-state index is 13.3. The smallest absolute Gasteiger partial charge is 0.307 e. The molecule has 0 aromatic heterocycles. The molecule has 0 saturated carbocycles. The van der Waals surface area contributed by atoms with Crippen LogP contribution in [0.4, 0.5) is 0 Å². The first-order valence-corrected chi connectivity index (χ1v) is 9.84. The second kappa shape index (κ2) is 6.93. The number of nitrogens with zero attached hydrogens (tertiary/aromatic N) is 2. The molecule has 3 aliphatic heterocycles. The van der Waals surface area contributed by atoms with Gasteiger partial charge in [0.05, 0.1) is 13.5 Å². The van der Waals surface area contributed by atoms with E-state index in [-0.39, 0.29) is 23.1 Å². The van der Waals surface area contributed by atoms with Gasteiger partial charge in [-0.15, -0.1) is 0 Å². The highest BCUT2D eigenvalue weighted by atomic mass is 32.2. The average Bonchev–Trinajstić information content (AvgIpc) is 2.86. The lowest BCUT2D eigenvalue weighted by molar-refractivity contribution is -0.136. The van der Waals surface area contributed by atoms with E-state index in [1.807, 2.05) is 7.05 Å². The highest BCUT2D eigenvalue weighted by Crippen LogP contribution is 2.33. The molecule has 3 saturated heterocycles. The number of rotatable bonds is 5. The summed E-state index contributed by atoms with van der Waals surface area (Å²) < 4.78 is 33.3. The summed E-state index contributed by atoms with van der Waals surface area (Å²) in [5, 5.41) is 8.98. The van der Waals surface area contributed by atoms with Gasteiger partial charge in [-0.1, -0.05) is 6.07 Å². The van der Waals surface area contributed by atoms with E-state index in [0.717, 1.165) is 19.4 Å². The van der Waals surface area contributed by atoms with Crippen LogP contribution >= 0.6 is 0 Å². The number of fused-ring (bicyclic) bond motifs is 4. The van der Waals surface area contributed by atoms with Gasteiger partial charge in [0.25, 0.3) is 0 Å². The zero-order chi connectivity index (χ0) is 18.2. The van der Waals surface area contributed by atoms with Crippen LogP contribution in [0.2, 0.25) is 0 Å². The van der Waals surface area contributed by atoms with Gasteiger partial charge < -0.3 is 14.7 Å². The van der Waals surface area contributed by atoms with E-state index in [1.54, 1.807) is 10.4 Å². The fourth-order valence-corrected chi connectivity index (χ4v) is 5.58. The number of carbonyl (C=O) groups is 1. The molecule has 7 nitrogen and oxygen atoms in total. The summed E-state index contributed by atoms with van der Waals surface area (Å²) in [6, 6.07) is 4.77. The van der Waals surface area contributed by atoms with Gasteiger partial charge >= 0.3 is 5.97 Å². The Hall–Kier alpha value is -1.64. The van der Waals surface area contributed by atoms with E-state index >= 15 is 0 Å². The minimum atomic E-state index is -3.75. The highest BCUT2D eigenvalue weighted by molar-refractivity contribution is 7.89. The Balaban J connectivity index is 1.97. The molecule has 0 unspecified atom stereocenters. The topological polar surface area (TPSA) is 87.1 Å². The maximum atomic E-state index is 13.3. The number of aliphatic carboxylic acids is 1. The van der Waals surface area contributed by atoms with Crippen LogP contribution in [0.1, 0.15) is 18.4 Å². The van der Waals surface area contributed by atoms with E-state index in [1.165, 1.54) is 19.2 Å². The second-order valence-corrected chi connectivity index (χ2v) is 8.82. The summed E-state index contributed by atoms with van der Waals surface area (Å²) in [5.74, 6) is -0.422. The number of likely N-dealkylation sites (N-methyl/N-ethyl adjacent to an activating group) is 1. The van der Waals surface area contributed by atoms with Crippen LogP contribution in [0.3, 0.4) is 0 Å². The lowest BCUT2D eigenvalue weighted by atomic mass is 9.96. The average molecular weight is 368 g/mol. The lowest BCUT2D eigenvalue weighted by Gasteiger charge is -2.32. The quantitative estimate of drug-likeness (QED) is 0.836. The Labute approximate surface area is 148 Å². The predicted octanol–water partition coefficient (Wildman–Crippen LogP) is 1.04. The third-order valence-corrected chi connectivity index (χ3v) is 7.01. The van der Waals surface area contributed by atoms with E-state index in [9.17, 15) is 13.2 Å². The van der Waals surface area contributed by atoms with Crippen molar-refractivity contribution in [3.05, 3.63) is 23.8 Å². The highest BCUT2D eigenvalue weighted by Gasteiger charge is 2.39. The minimum absolute atomic E-state index is 0.0534. The van der Waals surface area contributed by atoms with Crippen molar-refractivity contribution in [2.75, 3.05) is 33.8 Å². The molecule has 1 N–H and O–H groups in total. The van der Waals surface area contributed by atoms with Crippen LogP contribution in [0.5, 0.6) is 5.75 Å².